The van der Waals surface area contributed by atoms with Crippen molar-refractivity contribution in [1.29, 1.82) is 0 Å². The molecule has 1 aromatic heterocycles. The molecule has 0 bridgehead atoms. The molecule has 0 spiro atoms. The maximum atomic E-state index is 13.8. The number of carbonyl (C=O) groups is 2. The highest BCUT2D eigenvalue weighted by molar-refractivity contribution is 6.30. The predicted molar refractivity (Wildman–Crippen MR) is 149 cm³/mol. The van der Waals surface area contributed by atoms with Crippen LogP contribution in [0.3, 0.4) is 0 Å². The van der Waals surface area contributed by atoms with Gasteiger partial charge in [-0.1, -0.05) is 72.3 Å². The standard InChI is InChI=1S/C31H30ClN3O3/c1-38-28-16-12-25(13-17-28)22-35(30(36)20-24-10-14-26(32)15-11-24)29(19-23-7-3-2-4-8-23)31(37)34-21-27-9-5-6-18-33-27/h2-18,29H,19-22H2,1H3,(H,34,37). The van der Waals surface area contributed by atoms with Gasteiger partial charge in [-0.2, -0.15) is 0 Å². The van der Waals surface area contributed by atoms with E-state index in [4.69, 9.17) is 16.3 Å². The van der Waals surface area contributed by atoms with Gasteiger partial charge < -0.3 is 15.0 Å². The normalized spacial score (nSPS) is 11.4. The fraction of sp³-hybridized carbons (Fsp3) is 0.194. The topological polar surface area (TPSA) is 71.5 Å². The molecule has 0 aliphatic carbocycles. The minimum Gasteiger partial charge on any atom is -0.497 e. The van der Waals surface area contributed by atoms with Crippen LogP contribution >= 0.6 is 11.6 Å². The van der Waals surface area contributed by atoms with Crippen LogP contribution in [-0.4, -0.2) is 34.8 Å². The Morgan fingerprint density at radius 2 is 1.55 bits per heavy atom. The Kier molecular flexibility index (Phi) is 9.48. The number of methoxy groups -OCH3 is 1. The Balaban J connectivity index is 1.64. The van der Waals surface area contributed by atoms with Crippen LogP contribution < -0.4 is 10.1 Å². The fourth-order valence-corrected chi connectivity index (χ4v) is 4.28. The molecule has 6 nitrogen and oxygen atoms in total. The lowest BCUT2D eigenvalue weighted by Crippen LogP contribution is -2.50. The van der Waals surface area contributed by atoms with E-state index in [1.165, 1.54) is 0 Å². The average Bonchev–Trinajstić information content (AvgIpc) is 2.96. The van der Waals surface area contributed by atoms with Crippen molar-refractivity contribution in [1.82, 2.24) is 15.2 Å². The molecule has 0 radical (unpaired) electrons. The molecular formula is C31H30ClN3O3. The number of nitrogens with zero attached hydrogens (tertiary/aromatic N) is 2. The summed E-state index contributed by atoms with van der Waals surface area (Å²) in [6, 6.07) is 29.3. The first-order chi connectivity index (χ1) is 18.5. The summed E-state index contributed by atoms with van der Waals surface area (Å²) < 4.78 is 5.29. The highest BCUT2D eigenvalue weighted by Crippen LogP contribution is 2.19. The summed E-state index contributed by atoms with van der Waals surface area (Å²) in [5, 5.41) is 3.60. The average molecular weight is 528 g/mol. The number of pyridine rings is 1. The number of hydrogen-bond donors (Lipinski definition) is 1. The smallest absolute Gasteiger partial charge is 0.243 e. The Hall–Kier alpha value is -4.16. The van der Waals surface area contributed by atoms with Gasteiger partial charge in [0.1, 0.15) is 11.8 Å². The second-order valence-electron chi connectivity index (χ2n) is 8.92. The van der Waals surface area contributed by atoms with Gasteiger partial charge in [0.05, 0.1) is 25.8 Å². The van der Waals surface area contributed by atoms with Crippen molar-refractivity contribution in [3.8, 4) is 5.75 Å². The predicted octanol–water partition coefficient (Wildman–Crippen LogP) is 5.24. The Morgan fingerprint density at radius 3 is 2.21 bits per heavy atom. The van der Waals surface area contributed by atoms with Crippen molar-refractivity contribution < 1.29 is 14.3 Å². The van der Waals surface area contributed by atoms with E-state index < -0.39 is 6.04 Å². The minimum absolute atomic E-state index is 0.145. The number of halogens is 1. The molecule has 0 aliphatic rings. The van der Waals surface area contributed by atoms with Crippen LogP contribution in [0.15, 0.2) is 103 Å². The van der Waals surface area contributed by atoms with Crippen molar-refractivity contribution >= 4 is 23.4 Å². The molecule has 1 atom stereocenters. The van der Waals surface area contributed by atoms with Crippen LogP contribution in [0.2, 0.25) is 5.02 Å². The molecule has 3 aromatic carbocycles. The zero-order valence-corrected chi connectivity index (χ0v) is 22.0. The van der Waals surface area contributed by atoms with Gasteiger partial charge in [0, 0.05) is 24.2 Å². The van der Waals surface area contributed by atoms with Gasteiger partial charge in [-0.05, 0) is 53.1 Å². The number of benzene rings is 3. The third-order valence-corrected chi connectivity index (χ3v) is 6.47. The van der Waals surface area contributed by atoms with Gasteiger partial charge >= 0.3 is 0 Å². The van der Waals surface area contributed by atoms with E-state index in [-0.39, 0.29) is 31.3 Å². The molecule has 0 fully saturated rings. The molecule has 38 heavy (non-hydrogen) atoms. The molecule has 4 rings (SSSR count). The van der Waals surface area contributed by atoms with E-state index in [9.17, 15) is 9.59 Å². The summed E-state index contributed by atoms with van der Waals surface area (Å²) in [7, 11) is 1.61. The number of amides is 2. The minimum atomic E-state index is -0.733. The number of rotatable bonds is 11. The summed E-state index contributed by atoms with van der Waals surface area (Å²) in [6.45, 7) is 0.539. The third kappa shape index (κ3) is 7.67. The summed E-state index contributed by atoms with van der Waals surface area (Å²) in [5.74, 6) is 0.330. The molecule has 4 aromatic rings. The first kappa shape index (κ1) is 26.9. The zero-order chi connectivity index (χ0) is 26.7. The van der Waals surface area contributed by atoms with Crippen LogP contribution in [0.5, 0.6) is 5.75 Å². The Bertz CT molecular complexity index is 1310. The van der Waals surface area contributed by atoms with E-state index in [1.807, 2.05) is 84.9 Å². The molecule has 194 valence electrons. The quantitative estimate of drug-likeness (QED) is 0.289. The molecule has 2 amide bonds. The monoisotopic (exact) mass is 527 g/mol. The van der Waals surface area contributed by atoms with Gasteiger partial charge in [-0.3, -0.25) is 14.6 Å². The van der Waals surface area contributed by atoms with Crippen molar-refractivity contribution in [2.24, 2.45) is 0 Å². The van der Waals surface area contributed by atoms with E-state index in [0.717, 1.165) is 28.1 Å². The second-order valence-corrected chi connectivity index (χ2v) is 9.35. The number of hydrogen-bond acceptors (Lipinski definition) is 4. The molecule has 0 saturated carbocycles. The molecule has 0 saturated heterocycles. The lowest BCUT2D eigenvalue weighted by molar-refractivity contribution is -0.140. The van der Waals surface area contributed by atoms with Crippen molar-refractivity contribution in [2.45, 2.75) is 32.0 Å². The largest absolute Gasteiger partial charge is 0.497 e. The highest BCUT2D eigenvalue weighted by Gasteiger charge is 2.30. The molecule has 1 N–H and O–H groups in total. The van der Waals surface area contributed by atoms with Crippen molar-refractivity contribution in [3.05, 3.63) is 131 Å². The lowest BCUT2D eigenvalue weighted by atomic mass is 10.0. The van der Waals surface area contributed by atoms with Gasteiger partial charge in [0.25, 0.3) is 0 Å². The summed E-state index contributed by atoms with van der Waals surface area (Å²) in [4.78, 5) is 33.5. The van der Waals surface area contributed by atoms with Crippen LogP contribution in [0.25, 0.3) is 0 Å². The van der Waals surface area contributed by atoms with Crippen LogP contribution in [0.4, 0.5) is 0 Å². The van der Waals surface area contributed by atoms with E-state index in [0.29, 0.717) is 11.4 Å². The van der Waals surface area contributed by atoms with Crippen molar-refractivity contribution in [3.63, 3.8) is 0 Å². The molecule has 1 unspecified atom stereocenters. The number of ether oxygens (including phenoxy) is 1. The maximum Gasteiger partial charge on any atom is 0.243 e. The number of aromatic nitrogens is 1. The first-order valence-corrected chi connectivity index (χ1v) is 12.8. The molecular weight excluding hydrogens is 498 g/mol. The maximum absolute atomic E-state index is 13.8. The number of carbonyl (C=O) groups excluding carboxylic acids is 2. The summed E-state index contributed by atoms with van der Waals surface area (Å²) in [5.41, 5.74) is 3.43. The van der Waals surface area contributed by atoms with Gasteiger partial charge in [-0.25, -0.2) is 0 Å². The zero-order valence-electron chi connectivity index (χ0n) is 21.2. The Morgan fingerprint density at radius 1 is 0.868 bits per heavy atom. The summed E-state index contributed by atoms with van der Waals surface area (Å²) in [6.07, 6.45) is 2.21. The summed E-state index contributed by atoms with van der Waals surface area (Å²) >= 11 is 6.05. The van der Waals surface area contributed by atoms with Gasteiger partial charge in [0.2, 0.25) is 11.8 Å². The van der Waals surface area contributed by atoms with E-state index >= 15 is 0 Å². The van der Waals surface area contributed by atoms with E-state index in [1.54, 1.807) is 30.3 Å². The van der Waals surface area contributed by atoms with Crippen LogP contribution in [0, 0.1) is 0 Å². The van der Waals surface area contributed by atoms with Gasteiger partial charge in [-0.15, -0.1) is 0 Å². The first-order valence-electron chi connectivity index (χ1n) is 12.4. The second kappa shape index (κ2) is 13.4. The van der Waals surface area contributed by atoms with Crippen LogP contribution in [0.1, 0.15) is 22.4 Å². The highest BCUT2D eigenvalue weighted by atomic mass is 35.5. The van der Waals surface area contributed by atoms with Gasteiger partial charge in [0.15, 0.2) is 0 Å². The fourth-order valence-electron chi connectivity index (χ4n) is 4.16. The molecule has 1 heterocycles. The third-order valence-electron chi connectivity index (χ3n) is 6.22. The van der Waals surface area contributed by atoms with E-state index in [2.05, 4.69) is 10.3 Å². The molecule has 7 heteroatoms. The number of nitrogens with one attached hydrogen (secondary N) is 1. The Labute approximate surface area is 228 Å². The molecule has 0 aliphatic heterocycles. The SMILES string of the molecule is COc1ccc(CN(C(=O)Cc2ccc(Cl)cc2)C(Cc2ccccc2)C(=O)NCc2ccccn2)cc1. The van der Waals surface area contributed by atoms with Crippen LogP contribution in [-0.2, 0) is 35.5 Å². The van der Waals surface area contributed by atoms with Crippen molar-refractivity contribution in [2.75, 3.05) is 7.11 Å². The lowest BCUT2D eigenvalue weighted by Gasteiger charge is -2.31.